The molecule has 1 aliphatic carbocycles. The van der Waals surface area contributed by atoms with Crippen molar-refractivity contribution in [2.75, 3.05) is 26.9 Å². The van der Waals surface area contributed by atoms with Crippen LogP contribution in [0.2, 0.25) is 5.02 Å². The predicted molar refractivity (Wildman–Crippen MR) is 183 cm³/mol. The number of hydrogen-bond acceptors (Lipinski definition) is 6. The second-order valence-electron chi connectivity index (χ2n) is 11.8. The summed E-state index contributed by atoms with van der Waals surface area (Å²) in [5, 5.41) is 4.42. The van der Waals surface area contributed by atoms with Crippen LogP contribution in [-0.4, -0.2) is 47.9 Å². The van der Waals surface area contributed by atoms with Gasteiger partial charge in [-0.3, -0.25) is 4.98 Å². The SMILES string of the molecule is CO/C1=C(CN[C@H]2CCOC2)/C=C\C(c2cccc(-c3cccc(CCCc4nc(C)nc5cccnc45)c3C)c2Cl)=C/CC1. The van der Waals surface area contributed by atoms with E-state index in [-0.39, 0.29) is 0 Å². The van der Waals surface area contributed by atoms with E-state index < -0.39 is 0 Å². The van der Waals surface area contributed by atoms with Crippen molar-refractivity contribution in [1.82, 2.24) is 20.3 Å². The highest BCUT2D eigenvalue weighted by Crippen LogP contribution is 2.38. The number of benzene rings is 2. The molecule has 0 amide bonds. The lowest BCUT2D eigenvalue weighted by Gasteiger charge is -2.18. The van der Waals surface area contributed by atoms with Gasteiger partial charge >= 0.3 is 0 Å². The molecule has 2 aliphatic rings. The van der Waals surface area contributed by atoms with Gasteiger partial charge in [0, 0.05) is 48.5 Å². The predicted octanol–water partition coefficient (Wildman–Crippen LogP) is 8.15. The van der Waals surface area contributed by atoms with Gasteiger partial charge in [0.15, 0.2) is 0 Å². The minimum atomic E-state index is 0.392. The molecule has 6 nitrogen and oxygen atoms in total. The van der Waals surface area contributed by atoms with Crippen molar-refractivity contribution in [3.63, 3.8) is 0 Å². The van der Waals surface area contributed by atoms with E-state index >= 15 is 0 Å². The number of nitrogens with zero attached hydrogens (tertiary/aromatic N) is 3. The molecule has 0 saturated carbocycles. The molecule has 2 aromatic carbocycles. The molecule has 1 fully saturated rings. The van der Waals surface area contributed by atoms with Gasteiger partial charge in [-0.2, -0.15) is 0 Å². The number of pyridine rings is 1. The van der Waals surface area contributed by atoms with E-state index in [0.717, 1.165) is 108 Å². The van der Waals surface area contributed by atoms with E-state index in [9.17, 15) is 0 Å². The van der Waals surface area contributed by atoms with E-state index in [1.807, 2.05) is 25.3 Å². The minimum absolute atomic E-state index is 0.392. The van der Waals surface area contributed by atoms with E-state index in [1.165, 1.54) is 22.3 Å². The Kier molecular flexibility index (Phi) is 10.0. The number of rotatable bonds is 10. The molecule has 1 atom stereocenters. The number of allylic oxidation sites excluding steroid dienone is 4. The van der Waals surface area contributed by atoms with Crippen LogP contribution in [0.5, 0.6) is 0 Å². The molecule has 0 spiro atoms. The second kappa shape index (κ2) is 14.5. The highest BCUT2D eigenvalue weighted by Gasteiger charge is 2.18. The zero-order chi connectivity index (χ0) is 31.2. The number of halogens is 1. The molecule has 0 bridgehead atoms. The maximum absolute atomic E-state index is 7.23. The Balaban J connectivity index is 1.21. The maximum atomic E-state index is 7.23. The van der Waals surface area contributed by atoms with E-state index in [1.54, 1.807) is 7.11 Å². The molecule has 7 heteroatoms. The number of ether oxygens (including phenoxy) is 2. The number of aromatic nitrogens is 3. The van der Waals surface area contributed by atoms with Crippen LogP contribution in [0.4, 0.5) is 0 Å². The summed E-state index contributed by atoms with van der Waals surface area (Å²) in [6, 6.07) is 17.3. The summed E-state index contributed by atoms with van der Waals surface area (Å²) >= 11 is 7.23. The Morgan fingerprint density at radius 3 is 2.67 bits per heavy atom. The Hall–Kier alpha value is -3.84. The van der Waals surface area contributed by atoms with Crippen molar-refractivity contribution in [1.29, 1.82) is 0 Å². The Labute approximate surface area is 271 Å². The van der Waals surface area contributed by atoms with Gasteiger partial charge in [-0.15, -0.1) is 0 Å². The second-order valence-corrected chi connectivity index (χ2v) is 12.2. The lowest BCUT2D eigenvalue weighted by atomic mass is 9.91. The first kappa shape index (κ1) is 31.2. The standard InChI is InChI=1S/C38H41ClN4O2/c1-25-27(10-5-15-34-38-35(16-8-21-40-38)43-26(2)42-34)9-4-12-31(25)33-14-7-13-32(37(33)39)28-11-6-17-36(44-3)29(19-18-28)23-41-30-20-22-45-24-30/h4,7-9,11-14,16,18-19,21,30,41H,5-6,10,15,17,20,22-24H2,1-3H3/b19-18-,28-11+,36-29-/t30-/m0/s1. The molecule has 1 aliphatic heterocycles. The average Bonchev–Trinajstić information content (AvgIpc) is 3.56. The Morgan fingerprint density at radius 2 is 1.82 bits per heavy atom. The zero-order valence-corrected chi connectivity index (χ0v) is 27.2. The summed E-state index contributed by atoms with van der Waals surface area (Å²) in [6.45, 7) is 6.50. The fourth-order valence-electron chi connectivity index (χ4n) is 6.40. The molecule has 1 N–H and O–H groups in total. The fraction of sp³-hybridized carbons (Fsp3) is 0.342. The maximum Gasteiger partial charge on any atom is 0.126 e. The van der Waals surface area contributed by atoms with Gasteiger partial charge in [0.05, 0.1) is 29.9 Å². The van der Waals surface area contributed by atoms with Crippen LogP contribution in [0, 0.1) is 13.8 Å². The summed E-state index contributed by atoms with van der Waals surface area (Å²) in [6.07, 6.45) is 14.0. The van der Waals surface area contributed by atoms with E-state index in [2.05, 4.69) is 76.8 Å². The Bertz CT molecular complexity index is 1770. The van der Waals surface area contributed by atoms with Gasteiger partial charge in [0.2, 0.25) is 0 Å². The number of nitrogens with one attached hydrogen (secondary N) is 1. The summed E-state index contributed by atoms with van der Waals surface area (Å²) in [4.78, 5) is 13.8. The van der Waals surface area contributed by atoms with Crippen LogP contribution >= 0.6 is 11.6 Å². The topological polar surface area (TPSA) is 69.2 Å². The van der Waals surface area contributed by atoms with Crippen LogP contribution in [0.3, 0.4) is 0 Å². The molecule has 6 rings (SSSR count). The van der Waals surface area contributed by atoms with Crippen LogP contribution < -0.4 is 5.32 Å². The van der Waals surface area contributed by atoms with Crippen LogP contribution in [0.15, 0.2) is 84.3 Å². The third-order valence-corrected chi connectivity index (χ3v) is 9.27. The highest BCUT2D eigenvalue weighted by molar-refractivity contribution is 6.35. The van der Waals surface area contributed by atoms with Crippen molar-refractivity contribution in [3.8, 4) is 11.1 Å². The summed E-state index contributed by atoms with van der Waals surface area (Å²) < 4.78 is 11.3. The number of methoxy groups -OCH3 is 1. The van der Waals surface area contributed by atoms with Crippen LogP contribution in [0.25, 0.3) is 27.7 Å². The van der Waals surface area contributed by atoms with E-state index in [0.29, 0.717) is 6.04 Å². The van der Waals surface area contributed by atoms with Gasteiger partial charge in [0.25, 0.3) is 0 Å². The van der Waals surface area contributed by atoms with Crippen molar-refractivity contribution < 1.29 is 9.47 Å². The van der Waals surface area contributed by atoms with Crippen LogP contribution in [-0.2, 0) is 22.3 Å². The van der Waals surface area contributed by atoms with Crippen molar-refractivity contribution in [2.45, 2.75) is 58.4 Å². The lowest BCUT2D eigenvalue weighted by Crippen LogP contribution is -2.31. The van der Waals surface area contributed by atoms with E-state index in [4.69, 9.17) is 26.1 Å². The first-order valence-corrected chi connectivity index (χ1v) is 16.3. The summed E-state index contributed by atoms with van der Waals surface area (Å²) in [5.74, 6) is 1.81. The molecular weight excluding hydrogens is 580 g/mol. The fourth-order valence-corrected chi connectivity index (χ4v) is 6.73. The van der Waals surface area contributed by atoms with Gasteiger partial charge in [-0.25, -0.2) is 9.97 Å². The third kappa shape index (κ3) is 7.19. The van der Waals surface area contributed by atoms with Gasteiger partial charge in [-0.05, 0) is 80.3 Å². The van der Waals surface area contributed by atoms with Crippen molar-refractivity contribution in [3.05, 3.63) is 118 Å². The molecule has 232 valence electrons. The van der Waals surface area contributed by atoms with Crippen molar-refractivity contribution >= 4 is 28.2 Å². The van der Waals surface area contributed by atoms with Gasteiger partial charge < -0.3 is 14.8 Å². The molecule has 0 unspecified atom stereocenters. The zero-order valence-electron chi connectivity index (χ0n) is 26.4. The molecule has 3 heterocycles. The number of fused-ring (bicyclic) bond motifs is 1. The Morgan fingerprint density at radius 1 is 0.978 bits per heavy atom. The monoisotopic (exact) mass is 620 g/mol. The van der Waals surface area contributed by atoms with Crippen molar-refractivity contribution in [2.24, 2.45) is 0 Å². The normalized spacial score (nSPS) is 20.4. The molecule has 45 heavy (non-hydrogen) atoms. The molecule has 1 saturated heterocycles. The van der Waals surface area contributed by atoms with Crippen LogP contribution in [0.1, 0.15) is 53.9 Å². The summed E-state index contributed by atoms with van der Waals surface area (Å²) in [7, 11) is 1.76. The van der Waals surface area contributed by atoms with Gasteiger partial charge in [0.1, 0.15) is 17.1 Å². The third-order valence-electron chi connectivity index (χ3n) is 8.86. The molecular formula is C38H41ClN4O2. The molecule has 0 radical (unpaired) electrons. The number of hydrogen-bond donors (Lipinski definition) is 1. The van der Waals surface area contributed by atoms with Gasteiger partial charge in [-0.1, -0.05) is 66.2 Å². The molecule has 2 aromatic heterocycles. The average molecular weight is 621 g/mol. The highest BCUT2D eigenvalue weighted by atomic mass is 35.5. The quantitative estimate of drug-likeness (QED) is 0.193. The molecule has 4 aromatic rings. The largest absolute Gasteiger partial charge is 0.501 e. The minimum Gasteiger partial charge on any atom is -0.501 e. The summed E-state index contributed by atoms with van der Waals surface area (Å²) in [5.41, 5.74) is 11.0. The first-order valence-electron chi connectivity index (χ1n) is 15.9. The lowest BCUT2D eigenvalue weighted by molar-refractivity contribution is 0.190. The number of aryl methyl sites for hydroxylation is 3. The first-order chi connectivity index (χ1) is 22.0. The smallest absolute Gasteiger partial charge is 0.126 e.